The van der Waals surface area contributed by atoms with E-state index in [2.05, 4.69) is 0 Å². The first-order valence-corrected chi connectivity index (χ1v) is 3.45. The maximum Gasteiger partial charge on any atom is 0.254 e. The van der Waals surface area contributed by atoms with Gasteiger partial charge in [0.1, 0.15) is 6.61 Å². The molecular weight excluding hydrogens is 148 g/mol. The molecule has 5 nitrogen and oxygen atoms in total. The lowest BCUT2D eigenvalue weighted by molar-refractivity contribution is -0.575. The highest BCUT2D eigenvalue weighted by molar-refractivity contribution is 4.79. The Balaban J connectivity index is 2.63. The normalized spacial score (nSPS) is 33.6. The molecule has 0 aliphatic carbocycles. The van der Waals surface area contributed by atoms with Gasteiger partial charge in [-0.05, 0) is 7.05 Å². The van der Waals surface area contributed by atoms with E-state index in [4.69, 9.17) is 4.74 Å². The lowest BCUT2D eigenvalue weighted by Crippen LogP contribution is -2.53. The van der Waals surface area contributed by atoms with Crippen LogP contribution < -0.4 is 0 Å². The predicted octanol–water partition coefficient (Wildman–Crippen LogP) is -0.0587. The summed E-state index contributed by atoms with van der Waals surface area (Å²) < 4.78 is 5.04. The number of likely N-dealkylation sites (N-methyl/N-ethyl adjacent to an activating group) is 1. The smallest absolute Gasteiger partial charge is 0.254 e. The average molecular weight is 160 g/mol. The molecule has 0 aromatic carbocycles. The Kier molecular flexibility index (Phi) is 2.10. The van der Waals surface area contributed by atoms with Crippen LogP contribution in [0.5, 0.6) is 0 Å². The lowest BCUT2D eigenvalue weighted by Gasteiger charge is -2.31. The van der Waals surface area contributed by atoms with Gasteiger partial charge in [-0.2, -0.15) is 0 Å². The van der Waals surface area contributed by atoms with Crippen LogP contribution >= 0.6 is 0 Å². The van der Waals surface area contributed by atoms with E-state index in [9.17, 15) is 10.1 Å². The fraction of sp³-hybridized carbons (Fsp3) is 1.00. The number of nitro groups is 1. The quantitative estimate of drug-likeness (QED) is 0.398. The van der Waals surface area contributed by atoms with E-state index in [-0.39, 0.29) is 11.5 Å². The maximum atomic E-state index is 10.5. The highest BCUT2D eigenvalue weighted by Gasteiger charge is 2.41. The molecule has 0 spiro atoms. The standard InChI is InChI=1S/C6H12N2O3/c1-6(8(9)10)3-7(2)5-11-4-6/h3-5H2,1-2H3. The summed E-state index contributed by atoms with van der Waals surface area (Å²) in [5, 5.41) is 10.5. The van der Waals surface area contributed by atoms with Crippen molar-refractivity contribution < 1.29 is 9.66 Å². The zero-order valence-corrected chi connectivity index (χ0v) is 6.74. The van der Waals surface area contributed by atoms with Gasteiger partial charge in [0.25, 0.3) is 5.54 Å². The summed E-state index contributed by atoms with van der Waals surface area (Å²) in [5.41, 5.74) is -0.924. The minimum atomic E-state index is -0.924. The number of nitrogens with zero attached hydrogens (tertiary/aromatic N) is 2. The zero-order chi connectivity index (χ0) is 8.48. The second-order valence-electron chi connectivity index (χ2n) is 3.25. The molecule has 0 amide bonds. The minimum Gasteiger partial charge on any atom is -0.359 e. The van der Waals surface area contributed by atoms with Gasteiger partial charge in [-0.3, -0.25) is 15.0 Å². The number of hydrogen-bond acceptors (Lipinski definition) is 4. The fourth-order valence-electron chi connectivity index (χ4n) is 1.20. The van der Waals surface area contributed by atoms with Gasteiger partial charge in [-0.25, -0.2) is 0 Å². The molecule has 1 aliphatic rings. The zero-order valence-electron chi connectivity index (χ0n) is 6.74. The molecule has 11 heavy (non-hydrogen) atoms. The van der Waals surface area contributed by atoms with Gasteiger partial charge >= 0.3 is 0 Å². The molecule has 1 heterocycles. The minimum absolute atomic E-state index is 0.213. The van der Waals surface area contributed by atoms with Crippen LogP contribution in [-0.4, -0.2) is 42.3 Å². The maximum absolute atomic E-state index is 10.5. The second kappa shape index (κ2) is 2.75. The van der Waals surface area contributed by atoms with Gasteiger partial charge in [-0.1, -0.05) is 0 Å². The lowest BCUT2D eigenvalue weighted by atomic mass is 10.0. The largest absolute Gasteiger partial charge is 0.359 e. The summed E-state index contributed by atoms with van der Waals surface area (Å²) in [6, 6.07) is 0. The van der Waals surface area contributed by atoms with Crippen molar-refractivity contribution in [1.29, 1.82) is 0 Å². The van der Waals surface area contributed by atoms with Crippen molar-refractivity contribution >= 4 is 0 Å². The van der Waals surface area contributed by atoms with Crippen LogP contribution in [0, 0.1) is 10.1 Å². The van der Waals surface area contributed by atoms with Crippen molar-refractivity contribution in [1.82, 2.24) is 4.90 Å². The third-order valence-corrected chi connectivity index (χ3v) is 1.78. The Morgan fingerprint density at radius 1 is 1.73 bits per heavy atom. The van der Waals surface area contributed by atoms with E-state index in [1.807, 2.05) is 0 Å². The van der Waals surface area contributed by atoms with E-state index < -0.39 is 5.54 Å². The van der Waals surface area contributed by atoms with Gasteiger partial charge in [-0.15, -0.1) is 0 Å². The van der Waals surface area contributed by atoms with Crippen LogP contribution in [0.3, 0.4) is 0 Å². The molecule has 0 N–H and O–H groups in total. The molecule has 0 radical (unpaired) electrons. The summed E-state index contributed by atoms with van der Waals surface area (Å²) >= 11 is 0. The van der Waals surface area contributed by atoms with Crippen molar-refractivity contribution in [2.45, 2.75) is 12.5 Å². The molecular formula is C6H12N2O3. The van der Waals surface area contributed by atoms with Gasteiger partial charge in [0.15, 0.2) is 0 Å². The molecule has 5 heteroatoms. The van der Waals surface area contributed by atoms with E-state index in [0.29, 0.717) is 13.3 Å². The first-order valence-electron chi connectivity index (χ1n) is 3.45. The van der Waals surface area contributed by atoms with Crippen molar-refractivity contribution in [2.24, 2.45) is 0 Å². The van der Waals surface area contributed by atoms with Crippen molar-refractivity contribution in [3.05, 3.63) is 10.1 Å². The Labute approximate surface area is 65.1 Å². The molecule has 0 bridgehead atoms. The molecule has 1 fully saturated rings. The number of rotatable bonds is 1. The molecule has 0 aromatic rings. The third-order valence-electron chi connectivity index (χ3n) is 1.78. The van der Waals surface area contributed by atoms with Crippen LogP contribution in [0.15, 0.2) is 0 Å². The first-order chi connectivity index (χ1) is 5.04. The highest BCUT2D eigenvalue weighted by Crippen LogP contribution is 2.15. The number of ether oxygens (including phenoxy) is 1. The van der Waals surface area contributed by atoms with Crippen molar-refractivity contribution in [2.75, 3.05) is 26.9 Å². The molecule has 64 valence electrons. The van der Waals surface area contributed by atoms with Crippen LogP contribution in [0.25, 0.3) is 0 Å². The van der Waals surface area contributed by atoms with E-state index in [0.717, 1.165) is 0 Å². The monoisotopic (exact) mass is 160 g/mol. The molecule has 1 aliphatic heterocycles. The predicted molar refractivity (Wildman–Crippen MR) is 38.8 cm³/mol. The van der Waals surface area contributed by atoms with E-state index in [1.54, 1.807) is 18.9 Å². The van der Waals surface area contributed by atoms with Crippen LogP contribution in [-0.2, 0) is 4.74 Å². The van der Waals surface area contributed by atoms with Gasteiger partial charge in [0.05, 0.1) is 13.3 Å². The molecule has 1 unspecified atom stereocenters. The number of hydrogen-bond donors (Lipinski definition) is 0. The van der Waals surface area contributed by atoms with E-state index >= 15 is 0 Å². The van der Waals surface area contributed by atoms with Gasteiger partial charge in [0.2, 0.25) is 0 Å². The fourth-order valence-corrected chi connectivity index (χ4v) is 1.20. The van der Waals surface area contributed by atoms with E-state index in [1.165, 1.54) is 0 Å². The molecule has 1 saturated heterocycles. The van der Waals surface area contributed by atoms with Crippen molar-refractivity contribution in [3.63, 3.8) is 0 Å². The summed E-state index contributed by atoms with van der Waals surface area (Å²) in [5.74, 6) is 0. The summed E-state index contributed by atoms with van der Waals surface area (Å²) in [7, 11) is 1.81. The van der Waals surface area contributed by atoms with Gasteiger partial charge in [0, 0.05) is 11.8 Å². The molecule has 0 aromatic heterocycles. The molecule has 1 atom stereocenters. The SMILES string of the molecule is CN1COCC(C)([N+](=O)[O-])C1. The highest BCUT2D eigenvalue weighted by atomic mass is 16.6. The topological polar surface area (TPSA) is 55.6 Å². The van der Waals surface area contributed by atoms with Crippen LogP contribution in [0.1, 0.15) is 6.92 Å². The molecule has 1 rings (SSSR count). The van der Waals surface area contributed by atoms with Crippen LogP contribution in [0.4, 0.5) is 0 Å². The Morgan fingerprint density at radius 3 is 2.73 bits per heavy atom. The van der Waals surface area contributed by atoms with Crippen molar-refractivity contribution in [3.8, 4) is 0 Å². The van der Waals surface area contributed by atoms with Crippen LogP contribution in [0.2, 0.25) is 0 Å². The average Bonchev–Trinajstić information content (AvgIpc) is 1.86. The summed E-state index contributed by atoms with van der Waals surface area (Å²) in [4.78, 5) is 12.0. The second-order valence-corrected chi connectivity index (χ2v) is 3.25. The molecule has 0 saturated carbocycles. The Bertz CT molecular complexity index is 173. The summed E-state index contributed by atoms with van der Waals surface area (Å²) in [6.45, 7) is 2.76. The first kappa shape index (κ1) is 8.42. The Morgan fingerprint density at radius 2 is 2.36 bits per heavy atom. The summed E-state index contributed by atoms with van der Waals surface area (Å²) in [6.07, 6.45) is 0. The van der Waals surface area contributed by atoms with Gasteiger partial charge < -0.3 is 4.74 Å². The Hall–Kier alpha value is -0.680. The third kappa shape index (κ3) is 1.66.